The van der Waals surface area contributed by atoms with Gasteiger partial charge in [-0.3, -0.25) is 0 Å². The van der Waals surface area contributed by atoms with Gasteiger partial charge in [0.25, 0.3) is 0 Å². The summed E-state index contributed by atoms with van der Waals surface area (Å²) < 4.78 is 30.8. The minimum atomic E-state index is -3.14. The van der Waals surface area contributed by atoms with Gasteiger partial charge in [0, 0.05) is 25.7 Å². The van der Waals surface area contributed by atoms with Crippen LogP contribution in [0, 0.1) is 0 Å². The van der Waals surface area contributed by atoms with E-state index in [-0.39, 0.29) is 24.2 Å². The maximum atomic E-state index is 12.0. The molecule has 104 valence electrons. The van der Waals surface area contributed by atoms with E-state index < -0.39 is 10.0 Å². The van der Waals surface area contributed by atoms with Crippen molar-refractivity contribution < 1.29 is 13.2 Å². The van der Waals surface area contributed by atoms with Crippen LogP contribution in [0.4, 0.5) is 0 Å². The molecular weight excluding hydrogens is 264 g/mol. The van der Waals surface area contributed by atoms with Crippen LogP contribution in [0.1, 0.15) is 19.8 Å². The SMILES string of the molecule is CCOCCS(=O)(=O)N1CCCC1CNC.Cl. The standard InChI is InChI=1S/C10H22N2O3S.ClH/c1-3-15-7-8-16(13,14)12-6-4-5-10(12)9-11-2;/h10-11H,3-9H2,1-2H3;1H. The van der Waals surface area contributed by atoms with E-state index in [1.165, 1.54) is 0 Å². The first-order valence-electron chi connectivity index (χ1n) is 5.83. The van der Waals surface area contributed by atoms with Gasteiger partial charge in [-0.2, -0.15) is 4.31 Å². The maximum Gasteiger partial charge on any atom is 0.216 e. The van der Waals surface area contributed by atoms with E-state index in [0.29, 0.717) is 19.8 Å². The predicted molar refractivity (Wildman–Crippen MR) is 71.2 cm³/mol. The van der Waals surface area contributed by atoms with Crippen molar-refractivity contribution in [3.8, 4) is 0 Å². The van der Waals surface area contributed by atoms with Gasteiger partial charge in [0.05, 0.1) is 12.4 Å². The van der Waals surface area contributed by atoms with Crippen molar-refractivity contribution in [1.82, 2.24) is 9.62 Å². The monoisotopic (exact) mass is 286 g/mol. The van der Waals surface area contributed by atoms with Crippen LogP contribution in [0.15, 0.2) is 0 Å². The van der Waals surface area contributed by atoms with E-state index in [2.05, 4.69) is 5.32 Å². The third-order valence-corrected chi connectivity index (χ3v) is 4.69. The van der Waals surface area contributed by atoms with Crippen molar-refractivity contribution in [2.75, 3.05) is 39.1 Å². The number of nitrogens with one attached hydrogen (secondary N) is 1. The van der Waals surface area contributed by atoms with Crippen molar-refractivity contribution in [3.05, 3.63) is 0 Å². The van der Waals surface area contributed by atoms with Crippen LogP contribution in [0.3, 0.4) is 0 Å². The molecule has 0 amide bonds. The summed E-state index contributed by atoms with van der Waals surface area (Å²) in [5.74, 6) is 0.0983. The van der Waals surface area contributed by atoms with Gasteiger partial charge in [-0.15, -0.1) is 12.4 Å². The van der Waals surface area contributed by atoms with Gasteiger partial charge in [-0.1, -0.05) is 0 Å². The van der Waals surface area contributed by atoms with E-state index in [1.807, 2.05) is 14.0 Å². The smallest absolute Gasteiger partial charge is 0.216 e. The molecule has 0 aromatic rings. The number of hydrogen-bond donors (Lipinski definition) is 1. The second-order valence-corrected chi connectivity index (χ2v) is 6.02. The summed E-state index contributed by atoms with van der Waals surface area (Å²) >= 11 is 0. The van der Waals surface area contributed by atoms with Gasteiger partial charge >= 0.3 is 0 Å². The highest BCUT2D eigenvalue weighted by atomic mass is 35.5. The molecule has 1 fully saturated rings. The number of sulfonamides is 1. The summed E-state index contributed by atoms with van der Waals surface area (Å²) in [5, 5.41) is 3.04. The molecule has 0 aromatic carbocycles. The Morgan fingerprint density at radius 1 is 1.47 bits per heavy atom. The molecule has 17 heavy (non-hydrogen) atoms. The second-order valence-electron chi connectivity index (χ2n) is 3.98. The molecule has 7 heteroatoms. The van der Waals surface area contributed by atoms with Crippen LogP contribution < -0.4 is 5.32 Å². The zero-order chi connectivity index (χ0) is 12.0. The summed E-state index contributed by atoms with van der Waals surface area (Å²) in [6, 6.07) is 0.122. The first-order chi connectivity index (χ1) is 7.61. The van der Waals surface area contributed by atoms with Crippen LogP contribution in [0.25, 0.3) is 0 Å². The van der Waals surface area contributed by atoms with Crippen LogP contribution in [-0.2, 0) is 14.8 Å². The molecule has 1 saturated heterocycles. The molecule has 1 rings (SSSR count). The van der Waals surface area contributed by atoms with E-state index in [4.69, 9.17) is 4.74 Å². The Bertz CT molecular complexity index is 298. The first kappa shape index (κ1) is 17.1. The summed E-state index contributed by atoms with van der Waals surface area (Å²) in [7, 11) is -1.28. The molecule has 1 aliphatic heterocycles. The van der Waals surface area contributed by atoms with Gasteiger partial charge in [0.15, 0.2) is 0 Å². The number of likely N-dealkylation sites (N-methyl/N-ethyl adjacent to an activating group) is 1. The van der Waals surface area contributed by atoms with Crippen molar-refractivity contribution >= 4 is 22.4 Å². The molecule has 0 aliphatic carbocycles. The van der Waals surface area contributed by atoms with E-state index >= 15 is 0 Å². The van der Waals surface area contributed by atoms with Crippen LogP contribution in [-0.4, -0.2) is 57.9 Å². The van der Waals surface area contributed by atoms with Crippen molar-refractivity contribution in [2.24, 2.45) is 0 Å². The summed E-state index contributed by atoms with van der Waals surface area (Å²) in [5.41, 5.74) is 0. The lowest BCUT2D eigenvalue weighted by atomic mass is 10.2. The Hall–Kier alpha value is 0.120. The first-order valence-corrected chi connectivity index (χ1v) is 7.44. The lowest BCUT2D eigenvalue weighted by Crippen LogP contribution is -2.42. The number of rotatable bonds is 7. The lowest BCUT2D eigenvalue weighted by Gasteiger charge is -2.23. The molecule has 5 nitrogen and oxygen atoms in total. The third-order valence-electron chi connectivity index (χ3n) is 2.81. The zero-order valence-corrected chi connectivity index (χ0v) is 12.1. The fourth-order valence-corrected chi connectivity index (χ4v) is 3.65. The lowest BCUT2D eigenvalue weighted by molar-refractivity contribution is 0.162. The second kappa shape index (κ2) is 8.26. The molecule has 1 unspecified atom stereocenters. The van der Waals surface area contributed by atoms with E-state index in [1.54, 1.807) is 4.31 Å². The Morgan fingerprint density at radius 2 is 2.18 bits per heavy atom. The Balaban J connectivity index is 0.00000256. The Kier molecular flexibility index (Phi) is 8.32. The Morgan fingerprint density at radius 3 is 2.76 bits per heavy atom. The van der Waals surface area contributed by atoms with E-state index in [0.717, 1.165) is 19.4 Å². The summed E-state index contributed by atoms with van der Waals surface area (Å²) in [6.07, 6.45) is 1.91. The average molecular weight is 287 g/mol. The van der Waals surface area contributed by atoms with E-state index in [9.17, 15) is 8.42 Å². The minimum Gasteiger partial charge on any atom is -0.381 e. The summed E-state index contributed by atoms with van der Waals surface area (Å²) in [6.45, 7) is 4.11. The molecular formula is C10H23ClN2O3S. The van der Waals surface area contributed by atoms with Gasteiger partial charge in [0.1, 0.15) is 0 Å². The van der Waals surface area contributed by atoms with Crippen LogP contribution >= 0.6 is 12.4 Å². The molecule has 1 heterocycles. The van der Waals surface area contributed by atoms with Crippen LogP contribution in [0.5, 0.6) is 0 Å². The third kappa shape index (κ3) is 5.09. The van der Waals surface area contributed by atoms with Crippen LogP contribution in [0.2, 0.25) is 0 Å². The van der Waals surface area contributed by atoms with Gasteiger partial charge in [-0.25, -0.2) is 8.42 Å². The fourth-order valence-electron chi connectivity index (χ4n) is 2.04. The molecule has 0 radical (unpaired) electrons. The molecule has 1 N–H and O–H groups in total. The van der Waals surface area contributed by atoms with Gasteiger partial charge < -0.3 is 10.1 Å². The normalized spacial score (nSPS) is 21.4. The van der Waals surface area contributed by atoms with Gasteiger partial charge in [-0.05, 0) is 26.8 Å². The number of hydrogen-bond acceptors (Lipinski definition) is 4. The highest BCUT2D eigenvalue weighted by Gasteiger charge is 2.33. The minimum absolute atomic E-state index is 0. The number of ether oxygens (including phenoxy) is 1. The van der Waals surface area contributed by atoms with Gasteiger partial charge in [0.2, 0.25) is 10.0 Å². The largest absolute Gasteiger partial charge is 0.381 e. The van der Waals surface area contributed by atoms with Crippen molar-refractivity contribution in [2.45, 2.75) is 25.8 Å². The topological polar surface area (TPSA) is 58.6 Å². The van der Waals surface area contributed by atoms with Crippen molar-refractivity contribution in [3.63, 3.8) is 0 Å². The molecule has 0 bridgehead atoms. The molecule has 1 atom stereocenters. The molecule has 0 saturated carbocycles. The highest BCUT2D eigenvalue weighted by molar-refractivity contribution is 7.89. The molecule has 1 aliphatic rings. The fraction of sp³-hybridized carbons (Fsp3) is 1.00. The van der Waals surface area contributed by atoms with Crippen molar-refractivity contribution in [1.29, 1.82) is 0 Å². The number of nitrogens with zero attached hydrogens (tertiary/aromatic N) is 1. The summed E-state index contributed by atoms with van der Waals surface area (Å²) in [4.78, 5) is 0. The predicted octanol–water partition coefficient (Wildman–Crippen LogP) is 0.458. The average Bonchev–Trinajstić information content (AvgIpc) is 2.67. The quantitative estimate of drug-likeness (QED) is 0.691. The molecule has 0 spiro atoms. The zero-order valence-electron chi connectivity index (χ0n) is 10.5. The molecule has 0 aromatic heterocycles. The highest BCUT2D eigenvalue weighted by Crippen LogP contribution is 2.20. The maximum absolute atomic E-state index is 12.0. The Labute approximate surface area is 110 Å². The number of halogens is 1.